The number of hydrogen-bond donors (Lipinski definition) is 1. The Balaban J connectivity index is 3.03. The van der Waals surface area contributed by atoms with Gasteiger partial charge in [0.2, 0.25) is 0 Å². The van der Waals surface area contributed by atoms with E-state index in [0.717, 1.165) is 17.0 Å². The summed E-state index contributed by atoms with van der Waals surface area (Å²) in [5.74, 6) is 0. The third-order valence-corrected chi connectivity index (χ3v) is 1.61. The standard InChI is InChI=1S/C8H13N3/c1-6(5-9)8-4-7(2)10-11(8)3/h4H,1,5,9H2,2-3H3. The summed E-state index contributed by atoms with van der Waals surface area (Å²) in [6.07, 6.45) is 0. The van der Waals surface area contributed by atoms with Crippen molar-refractivity contribution in [2.75, 3.05) is 6.54 Å². The monoisotopic (exact) mass is 151 g/mol. The van der Waals surface area contributed by atoms with Crippen LogP contribution in [0.3, 0.4) is 0 Å². The first-order valence-corrected chi connectivity index (χ1v) is 3.54. The molecule has 1 rings (SSSR count). The predicted molar refractivity (Wildman–Crippen MR) is 46.0 cm³/mol. The summed E-state index contributed by atoms with van der Waals surface area (Å²) in [5.41, 5.74) is 8.38. The Bertz CT molecular complexity index is 273. The van der Waals surface area contributed by atoms with Crippen molar-refractivity contribution in [3.05, 3.63) is 24.0 Å². The molecule has 0 saturated heterocycles. The Morgan fingerprint density at radius 1 is 1.82 bits per heavy atom. The molecule has 60 valence electrons. The second-order valence-electron chi connectivity index (χ2n) is 2.60. The van der Waals surface area contributed by atoms with E-state index >= 15 is 0 Å². The van der Waals surface area contributed by atoms with E-state index in [-0.39, 0.29) is 0 Å². The van der Waals surface area contributed by atoms with Crippen LogP contribution in [0, 0.1) is 6.92 Å². The summed E-state index contributed by atoms with van der Waals surface area (Å²) >= 11 is 0. The van der Waals surface area contributed by atoms with Gasteiger partial charge in [0.05, 0.1) is 11.4 Å². The fourth-order valence-electron chi connectivity index (χ4n) is 1.05. The maximum Gasteiger partial charge on any atom is 0.0648 e. The van der Waals surface area contributed by atoms with Crippen LogP contribution in [0.4, 0.5) is 0 Å². The fraction of sp³-hybridized carbons (Fsp3) is 0.375. The Morgan fingerprint density at radius 3 is 2.82 bits per heavy atom. The molecule has 0 aliphatic rings. The molecule has 0 bridgehead atoms. The molecule has 0 aliphatic heterocycles. The maximum absolute atomic E-state index is 5.44. The molecule has 0 fully saturated rings. The average molecular weight is 151 g/mol. The Morgan fingerprint density at radius 2 is 2.45 bits per heavy atom. The highest BCUT2D eigenvalue weighted by Crippen LogP contribution is 2.10. The van der Waals surface area contributed by atoms with Gasteiger partial charge in [-0.15, -0.1) is 0 Å². The quantitative estimate of drug-likeness (QED) is 0.676. The minimum atomic E-state index is 0.485. The smallest absolute Gasteiger partial charge is 0.0648 e. The molecule has 1 aromatic heterocycles. The largest absolute Gasteiger partial charge is 0.326 e. The van der Waals surface area contributed by atoms with E-state index in [1.165, 1.54) is 0 Å². The Hall–Kier alpha value is -1.09. The second kappa shape index (κ2) is 2.88. The zero-order chi connectivity index (χ0) is 8.43. The summed E-state index contributed by atoms with van der Waals surface area (Å²) in [6, 6.07) is 1.98. The molecule has 0 saturated carbocycles. The summed E-state index contributed by atoms with van der Waals surface area (Å²) < 4.78 is 1.80. The summed E-state index contributed by atoms with van der Waals surface area (Å²) in [5, 5.41) is 4.18. The first-order valence-electron chi connectivity index (χ1n) is 3.54. The molecule has 1 heterocycles. The maximum atomic E-state index is 5.44. The van der Waals surface area contributed by atoms with Gasteiger partial charge < -0.3 is 5.73 Å². The van der Waals surface area contributed by atoms with Crippen LogP contribution < -0.4 is 5.73 Å². The fourth-order valence-corrected chi connectivity index (χ4v) is 1.05. The number of nitrogens with two attached hydrogens (primary N) is 1. The van der Waals surface area contributed by atoms with Crippen LogP contribution in [0.1, 0.15) is 11.4 Å². The van der Waals surface area contributed by atoms with E-state index in [1.807, 2.05) is 20.0 Å². The predicted octanol–water partition coefficient (Wildman–Crippen LogP) is 0.700. The zero-order valence-corrected chi connectivity index (χ0v) is 6.96. The van der Waals surface area contributed by atoms with Crippen molar-refractivity contribution in [2.24, 2.45) is 12.8 Å². The molecule has 3 nitrogen and oxygen atoms in total. The number of aromatic nitrogens is 2. The molecular formula is C8H13N3. The van der Waals surface area contributed by atoms with Crippen LogP contribution in [0.2, 0.25) is 0 Å². The number of rotatable bonds is 2. The van der Waals surface area contributed by atoms with Gasteiger partial charge >= 0.3 is 0 Å². The first kappa shape index (κ1) is 8.01. The van der Waals surface area contributed by atoms with Gasteiger partial charge in [-0.3, -0.25) is 4.68 Å². The van der Waals surface area contributed by atoms with Gasteiger partial charge in [0, 0.05) is 13.6 Å². The molecule has 0 aromatic carbocycles. The van der Waals surface area contributed by atoms with Gasteiger partial charge in [-0.2, -0.15) is 5.10 Å². The van der Waals surface area contributed by atoms with E-state index in [9.17, 15) is 0 Å². The van der Waals surface area contributed by atoms with Crippen LogP contribution in [0.15, 0.2) is 12.6 Å². The molecule has 0 amide bonds. The highest BCUT2D eigenvalue weighted by Gasteiger charge is 2.03. The average Bonchev–Trinajstić information content (AvgIpc) is 2.28. The SMILES string of the molecule is C=C(CN)c1cc(C)nn1C. The molecule has 1 aromatic rings. The minimum absolute atomic E-state index is 0.485. The molecule has 11 heavy (non-hydrogen) atoms. The van der Waals surface area contributed by atoms with Gasteiger partial charge in [0.25, 0.3) is 0 Å². The van der Waals surface area contributed by atoms with Crippen molar-refractivity contribution in [3.63, 3.8) is 0 Å². The van der Waals surface area contributed by atoms with Crippen LogP contribution in [0.25, 0.3) is 5.57 Å². The minimum Gasteiger partial charge on any atom is -0.326 e. The lowest BCUT2D eigenvalue weighted by atomic mass is 10.2. The third kappa shape index (κ3) is 1.49. The lowest BCUT2D eigenvalue weighted by Crippen LogP contribution is -2.05. The zero-order valence-electron chi connectivity index (χ0n) is 6.96. The lowest BCUT2D eigenvalue weighted by molar-refractivity contribution is 0.744. The molecule has 0 atom stereocenters. The van der Waals surface area contributed by atoms with Gasteiger partial charge in [0.1, 0.15) is 0 Å². The van der Waals surface area contributed by atoms with Crippen molar-refractivity contribution in [1.82, 2.24) is 9.78 Å². The van der Waals surface area contributed by atoms with E-state index in [4.69, 9.17) is 5.73 Å². The molecular weight excluding hydrogens is 138 g/mol. The second-order valence-corrected chi connectivity index (χ2v) is 2.60. The Kier molecular flexibility index (Phi) is 2.10. The van der Waals surface area contributed by atoms with Crippen molar-refractivity contribution in [2.45, 2.75) is 6.92 Å². The van der Waals surface area contributed by atoms with Crippen molar-refractivity contribution in [3.8, 4) is 0 Å². The van der Waals surface area contributed by atoms with E-state index in [1.54, 1.807) is 4.68 Å². The first-order chi connectivity index (χ1) is 5.15. The van der Waals surface area contributed by atoms with Gasteiger partial charge in [-0.05, 0) is 18.6 Å². The van der Waals surface area contributed by atoms with E-state index in [2.05, 4.69) is 11.7 Å². The third-order valence-electron chi connectivity index (χ3n) is 1.61. The van der Waals surface area contributed by atoms with E-state index < -0.39 is 0 Å². The highest BCUT2D eigenvalue weighted by molar-refractivity contribution is 5.61. The molecule has 0 unspecified atom stereocenters. The molecule has 0 aliphatic carbocycles. The summed E-state index contributed by atoms with van der Waals surface area (Å²) in [7, 11) is 1.89. The van der Waals surface area contributed by atoms with E-state index in [0.29, 0.717) is 6.54 Å². The molecule has 3 heteroatoms. The molecule has 0 spiro atoms. The van der Waals surface area contributed by atoms with Crippen LogP contribution in [0.5, 0.6) is 0 Å². The van der Waals surface area contributed by atoms with Gasteiger partial charge in [-0.1, -0.05) is 6.58 Å². The number of hydrogen-bond acceptors (Lipinski definition) is 2. The number of nitrogens with zero attached hydrogens (tertiary/aromatic N) is 2. The highest BCUT2D eigenvalue weighted by atomic mass is 15.3. The Labute approximate surface area is 66.5 Å². The normalized spacial score (nSPS) is 10.1. The van der Waals surface area contributed by atoms with Crippen LogP contribution >= 0.6 is 0 Å². The number of aryl methyl sites for hydroxylation is 2. The summed E-state index contributed by atoms with van der Waals surface area (Å²) in [6.45, 7) is 6.27. The molecule has 2 N–H and O–H groups in total. The topological polar surface area (TPSA) is 43.8 Å². The lowest BCUT2D eigenvalue weighted by Gasteiger charge is -2.00. The van der Waals surface area contributed by atoms with Crippen molar-refractivity contribution in [1.29, 1.82) is 0 Å². The van der Waals surface area contributed by atoms with Gasteiger partial charge in [-0.25, -0.2) is 0 Å². The van der Waals surface area contributed by atoms with Gasteiger partial charge in [0.15, 0.2) is 0 Å². The molecule has 0 radical (unpaired) electrons. The van der Waals surface area contributed by atoms with Crippen LogP contribution in [-0.2, 0) is 7.05 Å². The van der Waals surface area contributed by atoms with Crippen LogP contribution in [-0.4, -0.2) is 16.3 Å². The van der Waals surface area contributed by atoms with Crippen molar-refractivity contribution >= 4 is 5.57 Å². The summed E-state index contributed by atoms with van der Waals surface area (Å²) in [4.78, 5) is 0. The van der Waals surface area contributed by atoms with Crippen molar-refractivity contribution < 1.29 is 0 Å².